The fourth-order valence-corrected chi connectivity index (χ4v) is 2.85. The van der Waals surface area contributed by atoms with E-state index in [-0.39, 0.29) is 11.3 Å². The molecule has 19 heavy (non-hydrogen) atoms. The molecule has 104 valence electrons. The van der Waals surface area contributed by atoms with Crippen LogP contribution in [0.25, 0.3) is 0 Å². The molecular formula is C16H22ClNO. The Kier molecular flexibility index (Phi) is 4.19. The maximum atomic E-state index is 12.8. The molecule has 2 nitrogen and oxygen atoms in total. The average molecular weight is 280 g/mol. The third-order valence-electron chi connectivity index (χ3n) is 4.12. The van der Waals surface area contributed by atoms with Gasteiger partial charge in [-0.05, 0) is 31.7 Å². The first-order valence-electron chi connectivity index (χ1n) is 6.92. The standard InChI is InChI=1S/C16H22ClNO/c1-12-11-18(10-9-14(12)17)15(19)16(2,3)13-7-5-4-6-8-13/h4-8,12,14H,9-11H2,1-3H3. The van der Waals surface area contributed by atoms with E-state index in [4.69, 9.17) is 11.6 Å². The van der Waals surface area contributed by atoms with Gasteiger partial charge in [-0.15, -0.1) is 11.6 Å². The maximum absolute atomic E-state index is 12.8. The maximum Gasteiger partial charge on any atom is 0.232 e. The Hall–Kier alpha value is -1.02. The number of nitrogens with zero attached hydrogens (tertiary/aromatic N) is 1. The molecular weight excluding hydrogens is 258 g/mol. The monoisotopic (exact) mass is 279 g/mol. The van der Waals surface area contributed by atoms with E-state index in [9.17, 15) is 4.79 Å². The molecule has 1 amide bonds. The minimum absolute atomic E-state index is 0.198. The number of hydrogen-bond acceptors (Lipinski definition) is 1. The van der Waals surface area contributed by atoms with E-state index in [0.29, 0.717) is 5.92 Å². The molecule has 0 spiro atoms. The number of amides is 1. The smallest absolute Gasteiger partial charge is 0.232 e. The Bertz CT molecular complexity index is 443. The van der Waals surface area contributed by atoms with Gasteiger partial charge in [0.05, 0.1) is 5.41 Å². The van der Waals surface area contributed by atoms with E-state index < -0.39 is 5.41 Å². The van der Waals surface area contributed by atoms with Crippen molar-refractivity contribution in [2.24, 2.45) is 5.92 Å². The van der Waals surface area contributed by atoms with Crippen LogP contribution in [-0.2, 0) is 10.2 Å². The molecule has 1 aromatic rings. The molecule has 1 aliphatic rings. The largest absolute Gasteiger partial charge is 0.342 e. The predicted octanol–water partition coefficient (Wildman–Crippen LogP) is 3.44. The van der Waals surface area contributed by atoms with Crippen molar-refractivity contribution in [3.63, 3.8) is 0 Å². The molecule has 0 radical (unpaired) electrons. The van der Waals surface area contributed by atoms with Crippen LogP contribution in [0.15, 0.2) is 30.3 Å². The molecule has 0 N–H and O–H groups in total. The van der Waals surface area contributed by atoms with Crippen molar-refractivity contribution in [2.75, 3.05) is 13.1 Å². The first-order chi connectivity index (χ1) is 8.93. The average Bonchev–Trinajstić information content (AvgIpc) is 2.42. The number of benzene rings is 1. The molecule has 1 aliphatic heterocycles. The van der Waals surface area contributed by atoms with Gasteiger partial charge in [0.2, 0.25) is 5.91 Å². The van der Waals surface area contributed by atoms with E-state index in [1.165, 1.54) is 0 Å². The van der Waals surface area contributed by atoms with Crippen LogP contribution < -0.4 is 0 Å². The van der Waals surface area contributed by atoms with Gasteiger partial charge in [0.1, 0.15) is 0 Å². The van der Waals surface area contributed by atoms with E-state index in [2.05, 4.69) is 6.92 Å². The summed E-state index contributed by atoms with van der Waals surface area (Å²) in [5, 5.41) is 0.198. The van der Waals surface area contributed by atoms with Crippen molar-refractivity contribution >= 4 is 17.5 Å². The Morgan fingerprint density at radius 2 is 1.95 bits per heavy atom. The van der Waals surface area contributed by atoms with Crippen LogP contribution in [0.2, 0.25) is 0 Å². The fraction of sp³-hybridized carbons (Fsp3) is 0.562. The normalized spacial score (nSPS) is 24.3. The van der Waals surface area contributed by atoms with Crippen LogP contribution in [-0.4, -0.2) is 29.3 Å². The third-order valence-corrected chi connectivity index (χ3v) is 4.77. The number of carbonyl (C=O) groups is 1. The minimum atomic E-state index is -0.472. The number of likely N-dealkylation sites (tertiary alicyclic amines) is 1. The number of rotatable bonds is 2. The van der Waals surface area contributed by atoms with Crippen LogP contribution in [0.4, 0.5) is 0 Å². The van der Waals surface area contributed by atoms with Crippen LogP contribution in [0, 0.1) is 5.92 Å². The first-order valence-corrected chi connectivity index (χ1v) is 7.35. The zero-order chi connectivity index (χ0) is 14.0. The minimum Gasteiger partial charge on any atom is -0.342 e. The van der Waals surface area contributed by atoms with Gasteiger partial charge in [0.15, 0.2) is 0 Å². The Morgan fingerprint density at radius 1 is 1.32 bits per heavy atom. The predicted molar refractivity (Wildman–Crippen MR) is 79.5 cm³/mol. The summed E-state index contributed by atoms with van der Waals surface area (Å²) in [7, 11) is 0. The summed E-state index contributed by atoms with van der Waals surface area (Å²) < 4.78 is 0. The Labute approximate surface area is 120 Å². The van der Waals surface area contributed by atoms with Crippen LogP contribution in [0.3, 0.4) is 0 Å². The lowest BCUT2D eigenvalue weighted by Gasteiger charge is -2.38. The zero-order valence-electron chi connectivity index (χ0n) is 11.9. The number of hydrogen-bond donors (Lipinski definition) is 0. The molecule has 1 fully saturated rings. The van der Waals surface area contributed by atoms with Crippen molar-refractivity contribution in [2.45, 2.75) is 38.0 Å². The van der Waals surface area contributed by atoms with Crippen molar-refractivity contribution in [3.05, 3.63) is 35.9 Å². The van der Waals surface area contributed by atoms with Gasteiger partial charge in [0, 0.05) is 18.5 Å². The van der Waals surface area contributed by atoms with Gasteiger partial charge in [0.25, 0.3) is 0 Å². The van der Waals surface area contributed by atoms with Gasteiger partial charge >= 0.3 is 0 Å². The van der Waals surface area contributed by atoms with Crippen LogP contribution in [0.5, 0.6) is 0 Å². The third kappa shape index (κ3) is 2.94. The zero-order valence-corrected chi connectivity index (χ0v) is 12.7. The molecule has 0 aromatic heterocycles. The Morgan fingerprint density at radius 3 is 2.53 bits per heavy atom. The Balaban J connectivity index is 2.15. The van der Waals surface area contributed by atoms with E-state index in [0.717, 1.165) is 25.1 Å². The number of halogens is 1. The fourth-order valence-electron chi connectivity index (χ4n) is 2.68. The van der Waals surface area contributed by atoms with Crippen molar-refractivity contribution in [3.8, 4) is 0 Å². The summed E-state index contributed by atoms with van der Waals surface area (Å²) in [5.41, 5.74) is 0.598. The second-order valence-corrected chi connectivity index (χ2v) is 6.58. The summed E-state index contributed by atoms with van der Waals surface area (Å²) in [6.07, 6.45) is 0.888. The SMILES string of the molecule is CC1CN(C(=O)C(C)(C)c2ccccc2)CCC1Cl. The summed E-state index contributed by atoms with van der Waals surface area (Å²) in [6, 6.07) is 9.99. The highest BCUT2D eigenvalue weighted by Crippen LogP contribution is 2.29. The number of carbonyl (C=O) groups excluding carboxylic acids is 1. The lowest BCUT2D eigenvalue weighted by atomic mass is 9.82. The van der Waals surface area contributed by atoms with E-state index in [1.807, 2.05) is 49.1 Å². The van der Waals surface area contributed by atoms with Gasteiger partial charge in [-0.2, -0.15) is 0 Å². The molecule has 3 heteroatoms. The molecule has 0 saturated carbocycles. The lowest BCUT2D eigenvalue weighted by Crippen LogP contribution is -2.49. The molecule has 2 rings (SSSR count). The summed E-state index contributed by atoms with van der Waals surface area (Å²) in [5.74, 6) is 0.569. The quantitative estimate of drug-likeness (QED) is 0.760. The summed E-state index contributed by atoms with van der Waals surface area (Å²) >= 11 is 6.23. The molecule has 1 saturated heterocycles. The highest BCUT2D eigenvalue weighted by atomic mass is 35.5. The van der Waals surface area contributed by atoms with Gasteiger partial charge in [-0.25, -0.2) is 0 Å². The lowest BCUT2D eigenvalue weighted by molar-refractivity contribution is -0.137. The first kappa shape index (κ1) is 14.4. The van der Waals surface area contributed by atoms with Gasteiger partial charge in [-0.3, -0.25) is 4.79 Å². The van der Waals surface area contributed by atoms with Crippen molar-refractivity contribution in [1.29, 1.82) is 0 Å². The highest BCUT2D eigenvalue weighted by Gasteiger charge is 2.36. The topological polar surface area (TPSA) is 20.3 Å². The van der Waals surface area contributed by atoms with Crippen molar-refractivity contribution in [1.82, 2.24) is 4.90 Å². The molecule has 2 unspecified atom stereocenters. The number of alkyl halides is 1. The van der Waals surface area contributed by atoms with Gasteiger partial charge in [-0.1, -0.05) is 37.3 Å². The van der Waals surface area contributed by atoms with Crippen LogP contribution in [0.1, 0.15) is 32.8 Å². The molecule has 2 atom stereocenters. The summed E-state index contributed by atoms with van der Waals surface area (Å²) in [6.45, 7) is 7.66. The molecule has 0 aliphatic carbocycles. The second-order valence-electron chi connectivity index (χ2n) is 6.02. The molecule has 1 aromatic carbocycles. The van der Waals surface area contributed by atoms with Crippen molar-refractivity contribution < 1.29 is 4.79 Å². The second kappa shape index (κ2) is 5.54. The van der Waals surface area contributed by atoms with Crippen LogP contribution >= 0.6 is 11.6 Å². The highest BCUT2D eigenvalue weighted by molar-refractivity contribution is 6.20. The van der Waals surface area contributed by atoms with E-state index >= 15 is 0 Å². The van der Waals surface area contributed by atoms with E-state index in [1.54, 1.807) is 0 Å². The number of piperidine rings is 1. The van der Waals surface area contributed by atoms with Gasteiger partial charge < -0.3 is 4.90 Å². The molecule has 0 bridgehead atoms. The molecule has 1 heterocycles. The summed E-state index contributed by atoms with van der Waals surface area (Å²) in [4.78, 5) is 14.7.